The third-order valence-corrected chi connectivity index (χ3v) is 4.40. The van der Waals surface area contributed by atoms with E-state index in [0.29, 0.717) is 18.7 Å². The standard InChI is InChI=1S/C18H28N2O2.ClH/c1-2-12-22-18(10-4-3-5-11-18)14-20-17(21)16-8-6-15(13-19)7-9-16;/h6-9H,2-5,10-14,19H2,1H3,(H,20,21);1H. The minimum absolute atomic E-state index is 0. The van der Waals surface area contributed by atoms with E-state index in [1.165, 1.54) is 19.3 Å². The van der Waals surface area contributed by atoms with Gasteiger partial charge >= 0.3 is 0 Å². The van der Waals surface area contributed by atoms with Crippen LogP contribution >= 0.6 is 12.4 Å². The monoisotopic (exact) mass is 340 g/mol. The van der Waals surface area contributed by atoms with Gasteiger partial charge in [-0.3, -0.25) is 4.79 Å². The molecule has 0 heterocycles. The molecule has 130 valence electrons. The molecule has 1 aromatic carbocycles. The van der Waals surface area contributed by atoms with Gasteiger partial charge in [0.05, 0.1) is 5.60 Å². The summed E-state index contributed by atoms with van der Waals surface area (Å²) in [7, 11) is 0. The fraction of sp³-hybridized carbons (Fsp3) is 0.611. The van der Waals surface area contributed by atoms with E-state index in [9.17, 15) is 4.79 Å². The van der Waals surface area contributed by atoms with Gasteiger partial charge < -0.3 is 15.8 Å². The molecule has 2 rings (SSSR count). The molecular formula is C18H29ClN2O2. The number of amides is 1. The van der Waals surface area contributed by atoms with E-state index in [-0.39, 0.29) is 23.9 Å². The van der Waals surface area contributed by atoms with Crippen LogP contribution in [0.1, 0.15) is 61.4 Å². The number of nitrogens with one attached hydrogen (secondary N) is 1. The summed E-state index contributed by atoms with van der Waals surface area (Å²) in [5.74, 6) is -0.0337. The quantitative estimate of drug-likeness (QED) is 0.799. The van der Waals surface area contributed by atoms with Crippen LogP contribution in [0.15, 0.2) is 24.3 Å². The van der Waals surface area contributed by atoms with Gasteiger partial charge in [-0.25, -0.2) is 0 Å². The van der Waals surface area contributed by atoms with Crippen LogP contribution < -0.4 is 11.1 Å². The number of nitrogens with two attached hydrogens (primary N) is 1. The number of carbonyl (C=O) groups is 1. The number of rotatable bonds is 7. The Labute approximate surface area is 145 Å². The zero-order valence-electron chi connectivity index (χ0n) is 14.0. The molecule has 0 saturated heterocycles. The molecule has 0 aromatic heterocycles. The molecule has 5 heteroatoms. The molecule has 0 aliphatic heterocycles. The maximum Gasteiger partial charge on any atom is 0.251 e. The van der Waals surface area contributed by atoms with Crippen molar-refractivity contribution in [1.82, 2.24) is 5.32 Å². The largest absolute Gasteiger partial charge is 0.373 e. The average molecular weight is 341 g/mol. The summed E-state index contributed by atoms with van der Waals surface area (Å²) in [6.07, 6.45) is 6.73. The Hall–Kier alpha value is -1.10. The summed E-state index contributed by atoms with van der Waals surface area (Å²) in [6, 6.07) is 7.47. The normalized spacial score (nSPS) is 16.4. The molecule has 0 spiro atoms. The van der Waals surface area contributed by atoms with Gasteiger partial charge in [-0.2, -0.15) is 0 Å². The molecule has 1 saturated carbocycles. The van der Waals surface area contributed by atoms with Gasteiger partial charge in [0.15, 0.2) is 0 Å². The lowest BCUT2D eigenvalue weighted by molar-refractivity contribution is -0.0669. The predicted molar refractivity (Wildman–Crippen MR) is 96.0 cm³/mol. The molecule has 1 aliphatic carbocycles. The molecule has 1 fully saturated rings. The first kappa shape index (κ1) is 19.9. The van der Waals surface area contributed by atoms with Crippen LogP contribution in [0.25, 0.3) is 0 Å². The van der Waals surface area contributed by atoms with Crippen molar-refractivity contribution < 1.29 is 9.53 Å². The summed E-state index contributed by atoms with van der Waals surface area (Å²) in [5, 5.41) is 3.06. The van der Waals surface area contributed by atoms with Crippen molar-refractivity contribution in [2.24, 2.45) is 5.73 Å². The smallest absolute Gasteiger partial charge is 0.251 e. The second-order valence-corrected chi connectivity index (χ2v) is 6.18. The maximum absolute atomic E-state index is 12.3. The zero-order chi connectivity index (χ0) is 15.8. The SMILES string of the molecule is CCCOC1(CNC(=O)c2ccc(CN)cc2)CCCCC1.Cl. The molecule has 0 unspecified atom stereocenters. The molecule has 23 heavy (non-hydrogen) atoms. The highest BCUT2D eigenvalue weighted by atomic mass is 35.5. The highest BCUT2D eigenvalue weighted by Gasteiger charge is 2.33. The fourth-order valence-corrected chi connectivity index (χ4v) is 3.02. The van der Waals surface area contributed by atoms with E-state index in [4.69, 9.17) is 10.5 Å². The van der Waals surface area contributed by atoms with Crippen LogP contribution in [0.2, 0.25) is 0 Å². The van der Waals surface area contributed by atoms with Gasteiger partial charge in [0, 0.05) is 25.3 Å². The van der Waals surface area contributed by atoms with Gasteiger partial charge in [-0.15, -0.1) is 12.4 Å². The number of halogens is 1. The Balaban J connectivity index is 0.00000264. The highest BCUT2D eigenvalue weighted by Crippen LogP contribution is 2.31. The number of carbonyl (C=O) groups excluding carboxylic acids is 1. The number of hydrogen-bond donors (Lipinski definition) is 2. The first-order valence-corrected chi connectivity index (χ1v) is 8.40. The summed E-state index contributed by atoms with van der Waals surface area (Å²) < 4.78 is 6.11. The molecule has 4 nitrogen and oxygen atoms in total. The maximum atomic E-state index is 12.3. The first-order valence-electron chi connectivity index (χ1n) is 8.40. The second kappa shape index (κ2) is 9.91. The van der Waals surface area contributed by atoms with Crippen molar-refractivity contribution in [3.63, 3.8) is 0 Å². The topological polar surface area (TPSA) is 64.3 Å². The van der Waals surface area contributed by atoms with Crippen molar-refractivity contribution in [1.29, 1.82) is 0 Å². The highest BCUT2D eigenvalue weighted by molar-refractivity contribution is 5.94. The van der Waals surface area contributed by atoms with Crippen molar-refractivity contribution in [2.75, 3.05) is 13.2 Å². The van der Waals surface area contributed by atoms with Gasteiger partial charge in [-0.05, 0) is 37.0 Å². The van der Waals surface area contributed by atoms with Crippen molar-refractivity contribution in [3.05, 3.63) is 35.4 Å². The fourth-order valence-electron chi connectivity index (χ4n) is 3.02. The lowest BCUT2D eigenvalue weighted by Crippen LogP contribution is -2.46. The predicted octanol–water partition coefficient (Wildman–Crippen LogP) is 3.43. The lowest BCUT2D eigenvalue weighted by atomic mass is 9.84. The zero-order valence-corrected chi connectivity index (χ0v) is 14.8. The van der Waals surface area contributed by atoms with Crippen LogP contribution in [0.3, 0.4) is 0 Å². The molecule has 1 aliphatic rings. The van der Waals surface area contributed by atoms with E-state index < -0.39 is 0 Å². The third kappa shape index (κ3) is 5.79. The van der Waals surface area contributed by atoms with Crippen LogP contribution in [0.4, 0.5) is 0 Å². The van der Waals surface area contributed by atoms with Crippen molar-refractivity contribution in [3.8, 4) is 0 Å². The Kier molecular flexibility index (Phi) is 8.59. The van der Waals surface area contributed by atoms with E-state index >= 15 is 0 Å². The van der Waals surface area contributed by atoms with Crippen LogP contribution in [0.5, 0.6) is 0 Å². The van der Waals surface area contributed by atoms with E-state index in [0.717, 1.165) is 31.4 Å². The first-order chi connectivity index (χ1) is 10.7. The van der Waals surface area contributed by atoms with Crippen molar-refractivity contribution >= 4 is 18.3 Å². The number of hydrogen-bond acceptors (Lipinski definition) is 3. The number of benzene rings is 1. The van der Waals surface area contributed by atoms with Crippen LogP contribution in [-0.4, -0.2) is 24.7 Å². The van der Waals surface area contributed by atoms with E-state index in [1.54, 1.807) is 0 Å². The Morgan fingerprint density at radius 3 is 2.43 bits per heavy atom. The van der Waals surface area contributed by atoms with Crippen molar-refractivity contribution in [2.45, 2.75) is 57.6 Å². The Morgan fingerprint density at radius 1 is 1.22 bits per heavy atom. The molecule has 0 bridgehead atoms. The van der Waals surface area contributed by atoms with Gasteiger partial charge in [0.1, 0.15) is 0 Å². The second-order valence-electron chi connectivity index (χ2n) is 6.18. The molecule has 3 N–H and O–H groups in total. The van der Waals surface area contributed by atoms with E-state index in [2.05, 4.69) is 12.2 Å². The Morgan fingerprint density at radius 2 is 1.87 bits per heavy atom. The van der Waals surface area contributed by atoms with Crippen LogP contribution in [0, 0.1) is 0 Å². The summed E-state index contributed by atoms with van der Waals surface area (Å²) >= 11 is 0. The number of ether oxygens (including phenoxy) is 1. The van der Waals surface area contributed by atoms with Crippen LogP contribution in [-0.2, 0) is 11.3 Å². The Bertz CT molecular complexity index is 470. The van der Waals surface area contributed by atoms with Gasteiger partial charge in [0.25, 0.3) is 5.91 Å². The summed E-state index contributed by atoms with van der Waals surface area (Å²) in [4.78, 5) is 12.3. The summed E-state index contributed by atoms with van der Waals surface area (Å²) in [6.45, 7) is 3.98. The lowest BCUT2D eigenvalue weighted by Gasteiger charge is -2.37. The molecular weight excluding hydrogens is 312 g/mol. The molecule has 1 amide bonds. The van der Waals surface area contributed by atoms with Gasteiger partial charge in [0.2, 0.25) is 0 Å². The molecule has 1 aromatic rings. The summed E-state index contributed by atoms with van der Waals surface area (Å²) in [5.41, 5.74) is 7.13. The molecule has 0 radical (unpaired) electrons. The minimum atomic E-state index is -0.166. The third-order valence-electron chi connectivity index (χ3n) is 4.40. The van der Waals surface area contributed by atoms with Gasteiger partial charge in [-0.1, -0.05) is 38.3 Å². The molecule has 0 atom stereocenters. The van der Waals surface area contributed by atoms with E-state index in [1.807, 2.05) is 24.3 Å². The minimum Gasteiger partial charge on any atom is -0.373 e. The average Bonchev–Trinajstić information content (AvgIpc) is 2.59.